The molecule has 0 aliphatic rings. The van der Waals surface area contributed by atoms with Gasteiger partial charge in [-0.15, -0.1) is 0 Å². The van der Waals surface area contributed by atoms with E-state index in [-0.39, 0.29) is 0 Å². The number of rotatable bonds is 4. The molecule has 1 heteroatoms. The molecule has 2 atom stereocenters. The van der Waals surface area contributed by atoms with Crippen LogP contribution in [0.2, 0.25) is 0 Å². The molecule has 0 saturated heterocycles. The van der Waals surface area contributed by atoms with Gasteiger partial charge < -0.3 is 0 Å². The topological polar surface area (TPSA) is 12.9 Å². The van der Waals surface area contributed by atoms with Crippen molar-refractivity contribution in [1.29, 1.82) is 0 Å². The van der Waals surface area contributed by atoms with Crippen molar-refractivity contribution >= 4 is 0 Å². The van der Waals surface area contributed by atoms with Crippen molar-refractivity contribution in [2.24, 2.45) is 5.92 Å². The zero-order valence-corrected chi connectivity index (χ0v) is 8.83. The van der Waals surface area contributed by atoms with Crippen LogP contribution in [-0.2, 0) is 0 Å². The highest BCUT2D eigenvalue weighted by Gasteiger charge is 2.16. The maximum absolute atomic E-state index is 4.42. The fraction of sp³-hybridized carbons (Fsp3) is 0.583. The first-order chi connectivity index (χ1) is 6.29. The van der Waals surface area contributed by atoms with Crippen LogP contribution in [-0.4, -0.2) is 4.98 Å². The Bertz CT molecular complexity index is 230. The Balaban J connectivity index is 2.78. The molecule has 0 aromatic carbocycles. The molecule has 1 nitrogen and oxygen atoms in total. The van der Waals surface area contributed by atoms with Crippen molar-refractivity contribution < 1.29 is 0 Å². The average Bonchev–Trinajstić information content (AvgIpc) is 2.20. The third kappa shape index (κ3) is 2.55. The summed E-state index contributed by atoms with van der Waals surface area (Å²) in [6, 6.07) is 6.19. The van der Waals surface area contributed by atoms with E-state index in [0.29, 0.717) is 5.92 Å². The molecule has 1 rings (SSSR count). The first-order valence-corrected chi connectivity index (χ1v) is 5.20. The van der Waals surface area contributed by atoms with Crippen LogP contribution < -0.4 is 0 Å². The SMILES string of the molecule is CCC(C)C(CC)c1ccccn1. The summed E-state index contributed by atoms with van der Waals surface area (Å²) in [5, 5.41) is 0. The second-order valence-corrected chi connectivity index (χ2v) is 3.65. The van der Waals surface area contributed by atoms with E-state index in [2.05, 4.69) is 37.9 Å². The number of pyridine rings is 1. The molecule has 1 aromatic rings. The van der Waals surface area contributed by atoms with Crippen LogP contribution in [0.3, 0.4) is 0 Å². The van der Waals surface area contributed by atoms with Gasteiger partial charge in [0.15, 0.2) is 0 Å². The Morgan fingerprint density at radius 1 is 1.23 bits per heavy atom. The molecule has 13 heavy (non-hydrogen) atoms. The molecule has 0 aliphatic carbocycles. The second-order valence-electron chi connectivity index (χ2n) is 3.65. The summed E-state index contributed by atoms with van der Waals surface area (Å²) >= 11 is 0. The molecular formula is C12H19N. The zero-order valence-electron chi connectivity index (χ0n) is 8.83. The molecule has 1 aromatic heterocycles. The highest BCUT2D eigenvalue weighted by molar-refractivity contribution is 5.10. The Kier molecular flexibility index (Phi) is 3.94. The summed E-state index contributed by atoms with van der Waals surface area (Å²) < 4.78 is 0. The lowest BCUT2D eigenvalue weighted by atomic mass is 9.87. The Morgan fingerprint density at radius 3 is 2.46 bits per heavy atom. The van der Waals surface area contributed by atoms with Crippen LogP contribution in [0.15, 0.2) is 24.4 Å². The summed E-state index contributed by atoms with van der Waals surface area (Å²) in [7, 11) is 0. The van der Waals surface area contributed by atoms with Crippen molar-refractivity contribution in [3.05, 3.63) is 30.1 Å². The second kappa shape index (κ2) is 5.00. The Morgan fingerprint density at radius 2 is 2.00 bits per heavy atom. The van der Waals surface area contributed by atoms with E-state index in [1.165, 1.54) is 18.5 Å². The van der Waals surface area contributed by atoms with Crippen molar-refractivity contribution in [3.63, 3.8) is 0 Å². The molecule has 0 amide bonds. The van der Waals surface area contributed by atoms with Crippen LogP contribution in [0.1, 0.15) is 45.2 Å². The fourth-order valence-corrected chi connectivity index (χ4v) is 1.78. The van der Waals surface area contributed by atoms with Crippen LogP contribution in [0.4, 0.5) is 0 Å². The predicted octanol–water partition coefficient (Wildman–Crippen LogP) is 3.62. The summed E-state index contributed by atoms with van der Waals surface area (Å²) in [6.07, 6.45) is 4.31. The van der Waals surface area contributed by atoms with E-state index in [4.69, 9.17) is 0 Å². The molecule has 0 fully saturated rings. The van der Waals surface area contributed by atoms with Crippen LogP contribution in [0, 0.1) is 5.92 Å². The van der Waals surface area contributed by atoms with Gasteiger partial charge in [-0.1, -0.05) is 33.3 Å². The molecule has 0 spiro atoms. The van der Waals surface area contributed by atoms with Gasteiger partial charge in [-0.2, -0.15) is 0 Å². The summed E-state index contributed by atoms with van der Waals surface area (Å²) in [5.41, 5.74) is 1.25. The molecule has 0 saturated carbocycles. The van der Waals surface area contributed by atoms with Gasteiger partial charge in [-0.3, -0.25) is 4.98 Å². The normalized spacial score (nSPS) is 15.3. The zero-order chi connectivity index (χ0) is 9.68. The molecular weight excluding hydrogens is 158 g/mol. The van der Waals surface area contributed by atoms with Crippen molar-refractivity contribution in [2.45, 2.75) is 39.5 Å². The van der Waals surface area contributed by atoms with Gasteiger partial charge in [0.25, 0.3) is 0 Å². The first kappa shape index (κ1) is 10.2. The largest absolute Gasteiger partial charge is 0.261 e. The molecule has 0 radical (unpaired) electrons. The standard InChI is InChI=1S/C12H19N/c1-4-10(3)11(5-2)12-8-6-7-9-13-12/h6-11H,4-5H2,1-3H3. The lowest BCUT2D eigenvalue weighted by molar-refractivity contribution is 0.427. The molecule has 0 aliphatic heterocycles. The van der Waals surface area contributed by atoms with Gasteiger partial charge >= 0.3 is 0 Å². The molecule has 0 N–H and O–H groups in total. The Labute approximate surface area is 81.2 Å². The Hall–Kier alpha value is -0.850. The quantitative estimate of drug-likeness (QED) is 0.684. The minimum absolute atomic E-state index is 0.631. The summed E-state index contributed by atoms with van der Waals surface area (Å²) in [6.45, 7) is 6.80. The molecule has 72 valence electrons. The van der Waals surface area contributed by atoms with Crippen molar-refractivity contribution in [2.75, 3.05) is 0 Å². The van der Waals surface area contributed by atoms with E-state index >= 15 is 0 Å². The smallest absolute Gasteiger partial charge is 0.0437 e. The first-order valence-electron chi connectivity index (χ1n) is 5.20. The summed E-state index contributed by atoms with van der Waals surface area (Å²) in [5.74, 6) is 1.37. The van der Waals surface area contributed by atoms with E-state index in [1.54, 1.807) is 0 Å². The fourth-order valence-electron chi connectivity index (χ4n) is 1.78. The third-order valence-electron chi connectivity index (χ3n) is 2.84. The average molecular weight is 177 g/mol. The molecule has 0 bridgehead atoms. The van der Waals surface area contributed by atoms with Crippen molar-refractivity contribution in [3.8, 4) is 0 Å². The summed E-state index contributed by atoms with van der Waals surface area (Å²) in [4.78, 5) is 4.42. The highest BCUT2D eigenvalue weighted by Crippen LogP contribution is 2.27. The van der Waals surface area contributed by atoms with E-state index in [9.17, 15) is 0 Å². The maximum atomic E-state index is 4.42. The van der Waals surface area contributed by atoms with E-state index in [0.717, 1.165) is 5.92 Å². The van der Waals surface area contributed by atoms with Crippen LogP contribution >= 0.6 is 0 Å². The van der Waals surface area contributed by atoms with Gasteiger partial charge in [0, 0.05) is 17.8 Å². The third-order valence-corrected chi connectivity index (χ3v) is 2.84. The van der Waals surface area contributed by atoms with Gasteiger partial charge in [0.05, 0.1) is 0 Å². The van der Waals surface area contributed by atoms with Gasteiger partial charge in [-0.05, 0) is 24.5 Å². The van der Waals surface area contributed by atoms with Crippen LogP contribution in [0.5, 0.6) is 0 Å². The van der Waals surface area contributed by atoms with Crippen LogP contribution in [0.25, 0.3) is 0 Å². The minimum atomic E-state index is 0.631. The lowest BCUT2D eigenvalue weighted by Gasteiger charge is -2.20. The van der Waals surface area contributed by atoms with Gasteiger partial charge in [0.1, 0.15) is 0 Å². The van der Waals surface area contributed by atoms with Gasteiger partial charge in [-0.25, -0.2) is 0 Å². The lowest BCUT2D eigenvalue weighted by Crippen LogP contribution is -2.09. The van der Waals surface area contributed by atoms with Crippen molar-refractivity contribution in [1.82, 2.24) is 4.98 Å². The monoisotopic (exact) mass is 177 g/mol. The molecule has 2 unspecified atom stereocenters. The maximum Gasteiger partial charge on any atom is 0.0437 e. The predicted molar refractivity (Wildman–Crippen MR) is 56.7 cm³/mol. The van der Waals surface area contributed by atoms with E-state index < -0.39 is 0 Å². The molecule has 1 heterocycles. The minimum Gasteiger partial charge on any atom is -0.261 e. The van der Waals surface area contributed by atoms with E-state index in [1.807, 2.05) is 12.3 Å². The number of aromatic nitrogens is 1. The number of hydrogen-bond donors (Lipinski definition) is 0. The highest BCUT2D eigenvalue weighted by atomic mass is 14.7. The number of hydrogen-bond acceptors (Lipinski definition) is 1. The van der Waals surface area contributed by atoms with Gasteiger partial charge in [0.2, 0.25) is 0 Å². The number of nitrogens with zero attached hydrogens (tertiary/aromatic N) is 1.